The topological polar surface area (TPSA) is 64.3 Å². The first kappa shape index (κ1) is 19.2. The molecule has 0 unspecified atom stereocenters. The summed E-state index contributed by atoms with van der Waals surface area (Å²) < 4.78 is 2.42. The summed E-state index contributed by atoms with van der Waals surface area (Å²) in [5, 5.41) is 0.611. The fraction of sp³-hybridized carbons (Fsp3) is 0.227. The van der Waals surface area contributed by atoms with Crippen molar-refractivity contribution in [2.45, 2.75) is 26.1 Å². The predicted molar refractivity (Wildman–Crippen MR) is 111 cm³/mol. The molecule has 0 radical (unpaired) electrons. The summed E-state index contributed by atoms with van der Waals surface area (Å²) in [6, 6.07) is 16.5. The Balaban J connectivity index is 1.54. The van der Waals surface area contributed by atoms with Crippen molar-refractivity contribution in [3.05, 3.63) is 103 Å². The second-order valence-corrected chi connectivity index (χ2v) is 7.55. The van der Waals surface area contributed by atoms with Gasteiger partial charge in [-0.1, -0.05) is 48.0 Å². The van der Waals surface area contributed by atoms with Gasteiger partial charge >= 0.3 is 5.69 Å². The highest BCUT2D eigenvalue weighted by Gasteiger charge is 2.21. The molecule has 1 amide bonds. The summed E-state index contributed by atoms with van der Waals surface area (Å²) in [7, 11) is 0. The minimum Gasteiger partial charge on any atom is -0.336 e. The van der Waals surface area contributed by atoms with E-state index in [0.717, 1.165) is 22.1 Å². The van der Waals surface area contributed by atoms with Crippen LogP contribution in [0.5, 0.6) is 0 Å². The second-order valence-electron chi connectivity index (χ2n) is 7.11. The minimum absolute atomic E-state index is 0.233. The van der Waals surface area contributed by atoms with Gasteiger partial charge in [0, 0.05) is 30.4 Å². The summed E-state index contributed by atoms with van der Waals surface area (Å²) in [6.07, 6.45) is 2.23. The van der Waals surface area contributed by atoms with Crippen molar-refractivity contribution in [2.24, 2.45) is 0 Å². The predicted octanol–water partition coefficient (Wildman–Crippen LogP) is 2.30. The SMILES string of the molecule is O=C(Cn1c(=O)ccn(Cc2ccc(Cl)cc2)c1=O)N1CCc2ccccc2C1. The first-order valence-corrected chi connectivity index (χ1v) is 9.78. The molecule has 0 saturated heterocycles. The van der Waals surface area contributed by atoms with Crippen LogP contribution in [0.3, 0.4) is 0 Å². The lowest BCUT2D eigenvalue weighted by Crippen LogP contribution is -2.45. The number of hydrogen-bond donors (Lipinski definition) is 0. The molecular formula is C22H20ClN3O3. The van der Waals surface area contributed by atoms with Crippen molar-refractivity contribution < 1.29 is 4.79 Å². The Morgan fingerprint density at radius 3 is 2.45 bits per heavy atom. The highest BCUT2D eigenvalue weighted by molar-refractivity contribution is 6.30. The van der Waals surface area contributed by atoms with Crippen molar-refractivity contribution in [1.82, 2.24) is 14.0 Å². The molecular weight excluding hydrogens is 390 g/mol. The average Bonchev–Trinajstić information content (AvgIpc) is 2.74. The van der Waals surface area contributed by atoms with Gasteiger partial charge in [0.2, 0.25) is 5.91 Å². The van der Waals surface area contributed by atoms with Gasteiger partial charge in [-0.2, -0.15) is 0 Å². The molecule has 0 N–H and O–H groups in total. The van der Waals surface area contributed by atoms with Crippen LogP contribution in [0.1, 0.15) is 16.7 Å². The number of nitrogens with zero attached hydrogens (tertiary/aromatic N) is 3. The second kappa shape index (κ2) is 8.09. The van der Waals surface area contributed by atoms with Crippen molar-refractivity contribution in [3.8, 4) is 0 Å². The zero-order chi connectivity index (χ0) is 20.4. The summed E-state index contributed by atoms with van der Waals surface area (Å²) in [4.78, 5) is 39.6. The highest BCUT2D eigenvalue weighted by atomic mass is 35.5. The number of halogens is 1. The molecule has 1 aromatic heterocycles. The number of hydrogen-bond acceptors (Lipinski definition) is 3. The number of aromatic nitrogens is 2. The standard InChI is InChI=1S/C22H20ClN3O3/c23-19-7-5-16(6-8-19)13-25-12-10-20(27)26(22(25)29)15-21(28)24-11-9-17-3-1-2-4-18(17)14-24/h1-8,10,12H,9,11,13-15H2. The summed E-state index contributed by atoms with van der Waals surface area (Å²) in [6.45, 7) is 1.11. The van der Waals surface area contributed by atoms with Crippen LogP contribution in [0.25, 0.3) is 0 Å². The van der Waals surface area contributed by atoms with Crippen LogP contribution >= 0.6 is 11.6 Å². The Labute approximate surface area is 172 Å². The lowest BCUT2D eigenvalue weighted by Gasteiger charge is -2.29. The lowest BCUT2D eigenvalue weighted by molar-refractivity contribution is -0.132. The highest BCUT2D eigenvalue weighted by Crippen LogP contribution is 2.18. The third kappa shape index (κ3) is 4.17. The van der Waals surface area contributed by atoms with Gasteiger partial charge in [0.05, 0.1) is 6.54 Å². The van der Waals surface area contributed by atoms with Crippen LogP contribution < -0.4 is 11.2 Å². The first-order chi connectivity index (χ1) is 14.0. The monoisotopic (exact) mass is 409 g/mol. The number of carbonyl (C=O) groups is 1. The average molecular weight is 410 g/mol. The van der Waals surface area contributed by atoms with Gasteiger partial charge in [-0.25, -0.2) is 4.79 Å². The van der Waals surface area contributed by atoms with Gasteiger partial charge in [-0.3, -0.25) is 18.7 Å². The van der Waals surface area contributed by atoms with Gasteiger partial charge in [0.15, 0.2) is 0 Å². The van der Waals surface area contributed by atoms with E-state index in [0.29, 0.717) is 24.7 Å². The fourth-order valence-electron chi connectivity index (χ4n) is 3.55. The maximum atomic E-state index is 12.8. The number of carbonyl (C=O) groups excluding carboxylic acids is 1. The van der Waals surface area contributed by atoms with E-state index in [-0.39, 0.29) is 12.5 Å². The molecule has 0 bridgehead atoms. The Morgan fingerprint density at radius 2 is 1.69 bits per heavy atom. The molecule has 1 aliphatic rings. The van der Waals surface area contributed by atoms with E-state index >= 15 is 0 Å². The molecule has 1 aliphatic heterocycles. The Bertz CT molecular complexity index is 1160. The number of benzene rings is 2. The Kier molecular flexibility index (Phi) is 5.36. The first-order valence-electron chi connectivity index (χ1n) is 9.40. The largest absolute Gasteiger partial charge is 0.336 e. The van der Waals surface area contributed by atoms with Gasteiger partial charge in [-0.15, -0.1) is 0 Å². The summed E-state index contributed by atoms with van der Waals surface area (Å²) in [5.74, 6) is -0.233. The van der Waals surface area contributed by atoms with Crippen molar-refractivity contribution >= 4 is 17.5 Å². The summed E-state index contributed by atoms with van der Waals surface area (Å²) >= 11 is 5.90. The van der Waals surface area contributed by atoms with Gasteiger partial charge in [-0.05, 0) is 35.2 Å². The number of fused-ring (bicyclic) bond motifs is 1. The molecule has 0 fully saturated rings. The minimum atomic E-state index is -0.502. The van der Waals surface area contributed by atoms with Crippen LogP contribution in [0.4, 0.5) is 0 Å². The maximum absolute atomic E-state index is 12.8. The third-order valence-corrected chi connectivity index (χ3v) is 5.43. The zero-order valence-electron chi connectivity index (χ0n) is 15.8. The van der Waals surface area contributed by atoms with E-state index in [1.807, 2.05) is 30.3 Å². The van der Waals surface area contributed by atoms with Crippen molar-refractivity contribution in [1.29, 1.82) is 0 Å². The van der Waals surface area contributed by atoms with Gasteiger partial charge in [0.1, 0.15) is 6.54 Å². The fourth-order valence-corrected chi connectivity index (χ4v) is 3.68. The molecule has 6 nitrogen and oxygen atoms in total. The molecule has 0 spiro atoms. The molecule has 4 rings (SSSR count). The van der Waals surface area contributed by atoms with Gasteiger partial charge < -0.3 is 4.90 Å². The van der Waals surface area contributed by atoms with E-state index in [9.17, 15) is 14.4 Å². The smallest absolute Gasteiger partial charge is 0.331 e. The van der Waals surface area contributed by atoms with Crippen LogP contribution in [0.2, 0.25) is 5.02 Å². The molecule has 2 heterocycles. The Hall–Kier alpha value is -3.12. The zero-order valence-corrected chi connectivity index (χ0v) is 16.5. The molecule has 29 heavy (non-hydrogen) atoms. The van der Waals surface area contributed by atoms with Crippen molar-refractivity contribution in [2.75, 3.05) is 6.54 Å². The van der Waals surface area contributed by atoms with Crippen molar-refractivity contribution in [3.63, 3.8) is 0 Å². The number of rotatable bonds is 4. The normalized spacial score (nSPS) is 13.2. The third-order valence-electron chi connectivity index (χ3n) is 5.18. The van der Waals surface area contributed by atoms with Crippen LogP contribution in [0, 0.1) is 0 Å². The van der Waals surface area contributed by atoms with Gasteiger partial charge in [0.25, 0.3) is 5.56 Å². The molecule has 2 aromatic carbocycles. The quantitative estimate of drug-likeness (QED) is 0.664. The van der Waals surface area contributed by atoms with Crippen LogP contribution in [0.15, 0.2) is 70.4 Å². The number of amides is 1. The van der Waals surface area contributed by atoms with E-state index < -0.39 is 11.2 Å². The van der Waals surface area contributed by atoms with E-state index in [1.54, 1.807) is 17.0 Å². The van der Waals surface area contributed by atoms with E-state index in [4.69, 9.17) is 11.6 Å². The molecule has 148 valence electrons. The molecule has 0 saturated carbocycles. The molecule has 7 heteroatoms. The summed E-state index contributed by atoms with van der Waals surface area (Å²) in [5.41, 5.74) is 2.23. The maximum Gasteiger partial charge on any atom is 0.331 e. The van der Waals surface area contributed by atoms with E-state index in [1.165, 1.54) is 22.4 Å². The van der Waals surface area contributed by atoms with Crippen LogP contribution in [-0.2, 0) is 30.8 Å². The lowest BCUT2D eigenvalue weighted by atomic mass is 10.00. The van der Waals surface area contributed by atoms with E-state index in [2.05, 4.69) is 6.07 Å². The Morgan fingerprint density at radius 1 is 0.966 bits per heavy atom. The molecule has 0 aliphatic carbocycles. The van der Waals surface area contributed by atoms with Crippen LogP contribution in [-0.4, -0.2) is 26.5 Å². The molecule has 3 aromatic rings. The molecule has 0 atom stereocenters.